The summed E-state index contributed by atoms with van der Waals surface area (Å²) in [6, 6.07) is 5.34. The standard InChI is InChI=1S/C12H13NO3/c1-4-15-12(14)10(7-13)9(3)11-6-5-8(2)16-11/h5-6H,4H2,1-3H3. The van der Waals surface area contributed by atoms with E-state index in [-0.39, 0.29) is 12.2 Å². The fourth-order valence-corrected chi connectivity index (χ4v) is 1.25. The molecule has 0 fully saturated rings. The molecule has 84 valence electrons. The second-order valence-electron chi connectivity index (χ2n) is 3.24. The van der Waals surface area contributed by atoms with Gasteiger partial charge in [0.2, 0.25) is 0 Å². The Kier molecular flexibility index (Phi) is 3.90. The molecule has 0 atom stereocenters. The van der Waals surface area contributed by atoms with E-state index in [9.17, 15) is 4.79 Å². The first kappa shape index (κ1) is 12.1. The largest absolute Gasteiger partial charge is 0.462 e. The first-order chi connectivity index (χ1) is 7.60. The molecule has 0 aliphatic rings. The van der Waals surface area contributed by atoms with Crippen molar-refractivity contribution in [2.75, 3.05) is 6.61 Å². The lowest BCUT2D eigenvalue weighted by Gasteiger charge is -2.02. The summed E-state index contributed by atoms with van der Waals surface area (Å²) in [5.41, 5.74) is 0.477. The lowest BCUT2D eigenvalue weighted by molar-refractivity contribution is -0.137. The number of esters is 1. The first-order valence-corrected chi connectivity index (χ1v) is 4.95. The highest BCUT2D eigenvalue weighted by atomic mass is 16.5. The van der Waals surface area contributed by atoms with Gasteiger partial charge in [0, 0.05) is 5.57 Å². The summed E-state index contributed by atoms with van der Waals surface area (Å²) in [6.45, 7) is 5.40. The Morgan fingerprint density at radius 3 is 2.69 bits per heavy atom. The molecule has 4 heteroatoms. The normalized spacial score (nSPS) is 11.6. The van der Waals surface area contributed by atoms with Gasteiger partial charge in [-0.15, -0.1) is 0 Å². The van der Waals surface area contributed by atoms with Crippen molar-refractivity contribution >= 4 is 11.5 Å². The Balaban J connectivity index is 3.10. The average molecular weight is 219 g/mol. The van der Waals surface area contributed by atoms with Crippen LogP contribution in [-0.4, -0.2) is 12.6 Å². The second-order valence-corrected chi connectivity index (χ2v) is 3.24. The van der Waals surface area contributed by atoms with Crippen molar-refractivity contribution in [1.82, 2.24) is 0 Å². The zero-order valence-electron chi connectivity index (χ0n) is 9.53. The molecule has 0 unspecified atom stereocenters. The molecular weight excluding hydrogens is 206 g/mol. The molecule has 0 amide bonds. The van der Waals surface area contributed by atoms with E-state index in [2.05, 4.69) is 0 Å². The van der Waals surface area contributed by atoms with Gasteiger partial charge in [0.25, 0.3) is 0 Å². The smallest absolute Gasteiger partial charge is 0.349 e. The molecule has 0 aliphatic heterocycles. The minimum absolute atomic E-state index is 0.0174. The molecule has 0 bridgehead atoms. The molecule has 0 N–H and O–H groups in total. The van der Waals surface area contributed by atoms with E-state index in [0.717, 1.165) is 5.76 Å². The second kappa shape index (κ2) is 5.17. The molecule has 0 saturated carbocycles. The molecule has 4 nitrogen and oxygen atoms in total. The van der Waals surface area contributed by atoms with Gasteiger partial charge in [-0.2, -0.15) is 5.26 Å². The molecule has 0 spiro atoms. The van der Waals surface area contributed by atoms with Crippen LogP contribution in [0.3, 0.4) is 0 Å². The molecule has 0 saturated heterocycles. The summed E-state index contributed by atoms with van der Waals surface area (Å²) < 4.78 is 10.1. The van der Waals surface area contributed by atoms with Crippen LogP contribution >= 0.6 is 0 Å². The summed E-state index contributed by atoms with van der Waals surface area (Å²) in [7, 11) is 0. The van der Waals surface area contributed by atoms with Crippen LogP contribution in [0.5, 0.6) is 0 Å². The number of ether oxygens (including phenoxy) is 1. The van der Waals surface area contributed by atoms with Crippen LogP contribution in [-0.2, 0) is 9.53 Å². The molecule has 1 aromatic rings. The predicted octanol–water partition coefficient (Wildman–Crippen LogP) is 2.45. The first-order valence-electron chi connectivity index (χ1n) is 4.95. The van der Waals surface area contributed by atoms with Crippen molar-refractivity contribution in [3.8, 4) is 6.07 Å². The van der Waals surface area contributed by atoms with E-state index in [1.54, 1.807) is 32.9 Å². The molecule has 0 aromatic carbocycles. The van der Waals surface area contributed by atoms with Gasteiger partial charge in [-0.05, 0) is 32.9 Å². The van der Waals surface area contributed by atoms with Crippen molar-refractivity contribution in [3.63, 3.8) is 0 Å². The Labute approximate surface area is 94.1 Å². The minimum Gasteiger partial charge on any atom is -0.462 e. The van der Waals surface area contributed by atoms with Crippen LogP contribution in [0.1, 0.15) is 25.4 Å². The van der Waals surface area contributed by atoms with E-state index in [4.69, 9.17) is 14.4 Å². The van der Waals surface area contributed by atoms with E-state index in [1.165, 1.54) is 0 Å². The number of nitrogens with zero attached hydrogens (tertiary/aromatic N) is 1. The van der Waals surface area contributed by atoms with Crippen molar-refractivity contribution < 1.29 is 13.9 Å². The molecule has 0 radical (unpaired) electrons. The average Bonchev–Trinajstić information content (AvgIpc) is 2.66. The Hall–Kier alpha value is -2.02. The highest BCUT2D eigenvalue weighted by Crippen LogP contribution is 2.21. The quantitative estimate of drug-likeness (QED) is 0.445. The van der Waals surface area contributed by atoms with Crippen LogP contribution in [0.4, 0.5) is 0 Å². The van der Waals surface area contributed by atoms with Crippen LogP contribution < -0.4 is 0 Å². The topological polar surface area (TPSA) is 63.2 Å². The highest BCUT2D eigenvalue weighted by molar-refractivity contribution is 6.00. The molecule has 1 aromatic heterocycles. The Morgan fingerprint density at radius 1 is 1.56 bits per heavy atom. The van der Waals surface area contributed by atoms with Crippen LogP contribution in [0, 0.1) is 18.3 Å². The molecular formula is C12H13NO3. The van der Waals surface area contributed by atoms with E-state index < -0.39 is 5.97 Å². The van der Waals surface area contributed by atoms with E-state index in [0.29, 0.717) is 11.3 Å². The number of carbonyl (C=O) groups is 1. The third kappa shape index (κ3) is 2.51. The zero-order chi connectivity index (χ0) is 12.1. The van der Waals surface area contributed by atoms with Crippen LogP contribution in [0.15, 0.2) is 22.1 Å². The van der Waals surface area contributed by atoms with Crippen molar-refractivity contribution in [2.45, 2.75) is 20.8 Å². The maximum Gasteiger partial charge on any atom is 0.349 e. The zero-order valence-corrected chi connectivity index (χ0v) is 9.53. The SMILES string of the molecule is CCOC(=O)C(C#N)=C(C)c1ccc(C)o1. The van der Waals surface area contributed by atoms with E-state index >= 15 is 0 Å². The summed E-state index contributed by atoms with van der Waals surface area (Å²) in [5, 5.41) is 8.91. The highest BCUT2D eigenvalue weighted by Gasteiger charge is 2.16. The van der Waals surface area contributed by atoms with Crippen molar-refractivity contribution in [2.24, 2.45) is 0 Å². The van der Waals surface area contributed by atoms with Crippen molar-refractivity contribution in [3.05, 3.63) is 29.2 Å². The number of hydrogen-bond donors (Lipinski definition) is 0. The number of aryl methyl sites for hydroxylation is 1. The molecule has 0 aliphatic carbocycles. The third-order valence-electron chi connectivity index (χ3n) is 2.08. The third-order valence-corrected chi connectivity index (χ3v) is 2.08. The minimum atomic E-state index is -0.614. The Morgan fingerprint density at radius 2 is 2.25 bits per heavy atom. The van der Waals surface area contributed by atoms with Gasteiger partial charge < -0.3 is 9.15 Å². The van der Waals surface area contributed by atoms with Crippen LogP contribution in [0.25, 0.3) is 5.57 Å². The van der Waals surface area contributed by atoms with Gasteiger partial charge in [-0.1, -0.05) is 0 Å². The number of nitriles is 1. The number of allylic oxidation sites excluding steroid dienone is 1. The lowest BCUT2D eigenvalue weighted by atomic mass is 10.1. The number of hydrogen-bond acceptors (Lipinski definition) is 4. The van der Waals surface area contributed by atoms with Gasteiger partial charge >= 0.3 is 5.97 Å². The van der Waals surface area contributed by atoms with Crippen molar-refractivity contribution in [1.29, 1.82) is 5.26 Å². The summed E-state index contributed by atoms with van der Waals surface area (Å²) in [5.74, 6) is 0.633. The van der Waals surface area contributed by atoms with Gasteiger partial charge in [0.15, 0.2) is 0 Å². The Bertz CT molecular complexity index is 463. The number of rotatable bonds is 3. The monoisotopic (exact) mass is 219 g/mol. The fourth-order valence-electron chi connectivity index (χ4n) is 1.25. The molecule has 16 heavy (non-hydrogen) atoms. The van der Waals surface area contributed by atoms with Gasteiger partial charge in [-0.25, -0.2) is 4.79 Å². The summed E-state index contributed by atoms with van der Waals surface area (Å²) >= 11 is 0. The van der Waals surface area contributed by atoms with E-state index in [1.807, 2.05) is 6.07 Å². The molecule has 1 heterocycles. The molecule has 1 rings (SSSR count). The number of carbonyl (C=O) groups excluding carboxylic acids is 1. The number of furan rings is 1. The van der Waals surface area contributed by atoms with Crippen LogP contribution in [0.2, 0.25) is 0 Å². The van der Waals surface area contributed by atoms with Gasteiger partial charge in [0.1, 0.15) is 23.2 Å². The van der Waals surface area contributed by atoms with Gasteiger partial charge in [0.05, 0.1) is 6.61 Å². The summed E-state index contributed by atoms with van der Waals surface area (Å²) in [4.78, 5) is 11.5. The van der Waals surface area contributed by atoms with Gasteiger partial charge in [-0.3, -0.25) is 0 Å². The fraction of sp³-hybridized carbons (Fsp3) is 0.333. The predicted molar refractivity (Wildman–Crippen MR) is 58.3 cm³/mol. The summed E-state index contributed by atoms with van der Waals surface area (Å²) in [6.07, 6.45) is 0. The maximum atomic E-state index is 11.5. The lowest BCUT2D eigenvalue weighted by Crippen LogP contribution is -2.07. The maximum absolute atomic E-state index is 11.5.